The van der Waals surface area contributed by atoms with Crippen LogP contribution in [-0.4, -0.2) is 20.9 Å². The zero-order valence-corrected chi connectivity index (χ0v) is 17.6. The number of aromatic nitrogens is 3. The molecule has 3 aromatic heterocycles. The molecule has 0 aromatic carbocycles. The van der Waals surface area contributed by atoms with Gasteiger partial charge in [0.1, 0.15) is 11.6 Å². The lowest BCUT2D eigenvalue weighted by Gasteiger charge is -2.23. The summed E-state index contributed by atoms with van der Waals surface area (Å²) >= 11 is 0. The van der Waals surface area contributed by atoms with Gasteiger partial charge in [0.05, 0.1) is 17.4 Å². The van der Waals surface area contributed by atoms with Crippen LogP contribution in [-0.2, 0) is 11.0 Å². The Kier molecular flexibility index (Phi) is 6.67. The number of alkyl halides is 3. The highest BCUT2D eigenvalue weighted by Crippen LogP contribution is 2.31. The number of nitrogens with one attached hydrogen (secondary N) is 2. The van der Waals surface area contributed by atoms with Gasteiger partial charge in [-0.3, -0.25) is 9.78 Å². The van der Waals surface area contributed by atoms with Gasteiger partial charge < -0.3 is 10.6 Å². The van der Waals surface area contributed by atoms with Crippen molar-refractivity contribution in [2.75, 3.05) is 10.6 Å². The topological polar surface area (TPSA) is 79.8 Å². The summed E-state index contributed by atoms with van der Waals surface area (Å²) in [7, 11) is 0. The quantitative estimate of drug-likeness (QED) is 0.507. The van der Waals surface area contributed by atoms with E-state index in [4.69, 9.17) is 0 Å². The number of carbonyl (C=O) groups excluding carboxylic acids is 1. The van der Waals surface area contributed by atoms with Gasteiger partial charge in [0.25, 0.3) is 0 Å². The number of nitrogens with zero attached hydrogens (tertiary/aromatic N) is 3. The number of hydrogen-bond acceptors (Lipinski definition) is 5. The van der Waals surface area contributed by atoms with Crippen LogP contribution in [0.4, 0.5) is 30.5 Å². The highest BCUT2D eigenvalue weighted by molar-refractivity contribution is 5.92. The lowest BCUT2D eigenvalue weighted by molar-refractivity contribution is -0.137. The number of carbonyl (C=O) groups is 1. The summed E-state index contributed by atoms with van der Waals surface area (Å²) in [6.07, 6.45) is 6.52. The fourth-order valence-electron chi connectivity index (χ4n) is 3.68. The molecule has 170 valence electrons. The second-order valence-electron chi connectivity index (χ2n) is 7.84. The Bertz CT molecular complexity index is 1120. The molecule has 1 fully saturated rings. The molecule has 1 saturated carbocycles. The van der Waals surface area contributed by atoms with E-state index in [1.807, 2.05) is 18.2 Å². The second kappa shape index (κ2) is 9.81. The number of pyridine rings is 3. The lowest BCUT2D eigenvalue weighted by atomic mass is 9.84. The Hall–Kier alpha value is -3.75. The summed E-state index contributed by atoms with van der Waals surface area (Å²) in [6, 6.07) is 9.52. The molecule has 9 heteroatoms. The maximum atomic E-state index is 12.7. The van der Waals surface area contributed by atoms with Crippen LogP contribution >= 0.6 is 0 Å². The second-order valence-corrected chi connectivity index (χ2v) is 7.84. The molecule has 3 aromatic rings. The third-order valence-electron chi connectivity index (χ3n) is 5.43. The average molecular weight is 453 g/mol. The molecule has 1 amide bonds. The van der Waals surface area contributed by atoms with Crippen LogP contribution < -0.4 is 10.6 Å². The van der Waals surface area contributed by atoms with Crippen molar-refractivity contribution in [1.29, 1.82) is 0 Å². The number of anilines is 3. The van der Waals surface area contributed by atoms with E-state index >= 15 is 0 Å². The van der Waals surface area contributed by atoms with Crippen molar-refractivity contribution in [1.82, 2.24) is 15.0 Å². The van der Waals surface area contributed by atoms with Gasteiger partial charge in [-0.05, 0) is 67.6 Å². The van der Waals surface area contributed by atoms with Gasteiger partial charge in [0.2, 0.25) is 5.91 Å². The minimum atomic E-state index is -4.42. The molecule has 0 radical (unpaired) electrons. The van der Waals surface area contributed by atoms with Gasteiger partial charge in [0, 0.05) is 24.5 Å². The van der Waals surface area contributed by atoms with Gasteiger partial charge >= 0.3 is 6.18 Å². The zero-order valence-electron chi connectivity index (χ0n) is 17.6. The van der Waals surface area contributed by atoms with Crippen molar-refractivity contribution in [2.45, 2.75) is 31.9 Å². The van der Waals surface area contributed by atoms with Crippen LogP contribution in [0.2, 0.25) is 0 Å². The van der Waals surface area contributed by atoms with E-state index < -0.39 is 11.7 Å². The Morgan fingerprint density at radius 1 is 1.00 bits per heavy atom. The first kappa shape index (κ1) is 22.4. The van der Waals surface area contributed by atoms with Gasteiger partial charge in [-0.15, -0.1) is 0 Å². The molecule has 0 unspecified atom stereocenters. The molecule has 0 saturated heterocycles. The molecule has 33 heavy (non-hydrogen) atoms. The van der Waals surface area contributed by atoms with Gasteiger partial charge in [0.15, 0.2) is 0 Å². The van der Waals surface area contributed by atoms with Crippen molar-refractivity contribution in [2.24, 2.45) is 5.92 Å². The van der Waals surface area contributed by atoms with Crippen molar-refractivity contribution in [3.8, 4) is 0 Å². The number of halogens is 3. The van der Waals surface area contributed by atoms with Crippen molar-refractivity contribution in [3.63, 3.8) is 0 Å². The summed E-state index contributed by atoms with van der Waals surface area (Å²) in [5.41, 5.74) is 2.06. The summed E-state index contributed by atoms with van der Waals surface area (Å²) in [5.74, 6) is 0.742. The molecular weight excluding hydrogens is 431 g/mol. The third-order valence-corrected chi connectivity index (χ3v) is 5.43. The van der Waals surface area contributed by atoms with Gasteiger partial charge in [-0.25, -0.2) is 9.97 Å². The molecule has 0 aliphatic heterocycles. The molecule has 1 aliphatic carbocycles. The Morgan fingerprint density at radius 2 is 1.82 bits per heavy atom. The number of amides is 1. The van der Waals surface area contributed by atoms with Crippen molar-refractivity contribution < 1.29 is 18.0 Å². The fraction of sp³-hybridized carbons (Fsp3) is 0.250. The molecule has 0 bridgehead atoms. The maximum Gasteiger partial charge on any atom is 0.417 e. The van der Waals surface area contributed by atoms with Crippen LogP contribution in [0.5, 0.6) is 0 Å². The van der Waals surface area contributed by atoms with Gasteiger partial charge in [-0.1, -0.05) is 11.6 Å². The molecule has 2 N–H and O–H groups in total. The zero-order chi connectivity index (χ0) is 23.3. The Labute approximate surface area is 189 Å². The van der Waals surface area contributed by atoms with Crippen molar-refractivity contribution in [3.05, 3.63) is 77.9 Å². The van der Waals surface area contributed by atoms with E-state index in [0.717, 1.165) is 43.5 Å². The molecule has 0 atom stereocenters. The normalized spacial score (nSPS) is 16.2. The van der Waals surface area contributed by atoms with Crippen LogP contribution in [0.15, 0.2) is 66.8 Å². The smallest absolute Gasteiger partial charge is 0.325 e. The molecule has 1 aliphatic rings. The predicted molar refractivity (Wildman–Crippen MR) is 120 cm³/mol. The minimum absolute atomic E-state index is 0.0153. The first-order valence-corrected chi connectivity index (χ1v) is 10.5. The van der Waals surface area contributed by atoms with E-state index in [2.05, 4.69) is 31.7 Å². The maximum absolute atomic E-state index is 12.7. The highest BCUT2D eigenvalue weighted by atomic mass is 19.4. The molecular formula is C24H22F3N5O. The fourth-order valence-corrected chi connectivity index (χ4v) is 3.68. The van der Waals surface area contributed by atoms with Crippen molar-refractivity contribution >= 4 is 29.3 Å². The third kappa shape index (κ3) is 6.15. The van der Waals surface area contributed by atoms with Crippen LogP contribution in [0.1, 0.15) is 36.8 Å². The van der Waals surface area contributed by atoms with E-state index in [0.29, 0.717) is 11.5 Å². The summed E-state index contributed by atoms with van der Waals surface area (Å²) in [5, 5.41) is 5.84. The molecule has 4 rings (SSSR count). The van der Waals surface area contributed by atoms with Crippen LogP contribution in [0.25, 0.3) is 6.08 Å². The van der Waals surface area contributed by atoms with E-state index in [1.54, 1.807) is 24.7 Å². The number of hydrogen-bond donors (Lipinski definition) is 2. The Balaban J connectivity index is 1.34. The van der Waals surface area contributed by atoms with Gasteiger partial charge in [-0.2, -0.15) is 13.2 Å². The van der Waals surface area contributed by atoms with Crippen LogP contribution in [0.3, 0.4) is 0 Å². The van der Waals surface area contributed by atoms with E-state index in [-0.39, 0.29) is 17.6 Å². The van der Waals surface area contributed by atoms with Crippen LogP contribution in [0, 0.1) is 5.92 Å². The molecule has 3 heterocycles. The Morgan fingerprint density at radius 3 is 2.48 bits per heavy atom. The molecule has 6 nitrogen and oxygen atoms in total. The predicted octanol–water partition coefficient (Wildman–Crippen LogP) is 5.85. The minimum Gasteiger partial charge on any atom is -0.325 e. The number of allylic oxidation sites excluding steroid dienone is 1. The highest BCUT2D eigenvalue weighted by Gasteiger charge is 2.30. The first-order valence-electron chi connectivity index (χ1n) is 10.5. The van der Waals surface area contributed by atoms with E-state index in [9.17, 15) is 18.0 Å². The SMILES string of the molecule is O=C(Nc1cccnc1)C1CCC(=Cc2ccnc(Nc3ccc(C(F)(F)F)cn3)c2)CC1. The average Bonchev–Trinajstić information content (AvgIpc) is 2.80. The largest absolute Gasteiger partial charge is 0.417 e. The summed E-state index contributed by atoms with van der Waals surface area (Å²) in [6.45, 7) is 0. The molecule has 0 spiro atoms. The monoisotopic (exact) mass is 453 g/mol. The first-order chi connectivity index (χ1) is 15.9. The van der Waals surface area contributed by atoms with E-state index in [1.165, 1.54) is 11.6 Å². The number of rotatable bonds is 5. The summed E-state index contributed by atoms with van der Waals surface area (Å²) < 4.78 is 38.1. The standard InChI is InChI=1S/C24H22F3N5O/c25-24(26,27)19-7-8-21(30-14-19)32-22-13-17(9-11-29-22)12-16-3-5-18(6-4-16)23(33)31-20-2-1-10-28-15-20/h1-2,7-15,18H,3-6H2,(H,31,33)(H,29,30,32). The summed E-state index contributed by atoms with van der Waals surface area (Å²) in [4.78, 5) is 24.5. The lowest BCUT2D eigenvalue weighted by Crippen LogP contribution is -2.25.